The van der Waals surface area contributed by atoms with Gasteiger partial charge in [-0.3, -0.25) is 0 Å². The second kappa shape index (κ2) is 5.33. The Kier molecular flexibility index (Phi) is 3.20. The molecule has 1 unspecified atom stereocenters. The van der Waals surface area contributed by atoms with Crippen molar-refractivity contribution in [1.82, 2.24) is 24.3 Å². The van der Waals surface area contributed by atoms with Crippen molar-refractivity contribution in [3.05, 3.63) is 54.5 Å². The molecule has 5 nitrogen and oxygen atoms in total. The SMILES string of the molecule is c1ccn2c(CNCC3CCc4nccn4C3)cnc2c1. The van der Waals surface area contributed by atoms with Crippen LogP contribution < -0.4 is 5.32 Å². The van der Waals surface area contributed by atoms with Gasteiger partial charge in [-0.2, -0.15) is 0 Å². The Hall–Kier alpha value is -2.14. The van der Waals surface area contributed by atoms with Gasteiger partial charge in [0.2, 0.25) is 0 Å². The highest BCUT2D eigenvalue weighted by molar-refractivity contribution is 5.39. The third-order valence-electron chi connectivity index (χ3n) is 4.27. The van der Waals surface area contributed by atoms with E-state index in [9.17, 15) is 0 Å². The number of hydrogen-bond acceptors (Lipinski definition) is 3. The van der Waals surface area contributed by atoms with Crippen LogP contribution in [0.25, 0.3) is 5.65 Å². The van der Waals surface area contributed by atoms with Gasteiger partial charge in [0.05, 0.1) is 11.9 Å². The van der Waals surface area contributed by atoms with Crippen LogP contribution in [-0.4, -0.2) is 25.5 Å². The minimum atomic E-state index is 0.686. The summed E-state index contributed by atoms with van der Waals surface area (Å²) in [5.41, 5.74) is 2.22. The van der Waals surface area contributed by atoms with E-state index < -0.39 is 0 Å². The lowest BCUT2D eigenvalue weighted by atomic mass is 9.99. The number of pyridine rings is 1. The van der Waals surface area contributed by atoms with Crippen LogP contribution in [0.1, 0.15) is 17.9 Å². The second-order valence-electron chi connectivity index (χ2n) is 5.71. The quantitative estimate of drug-likeness (QED) is 0.794. The molecule has 1 atom stereocenters. The predicted molar refractivity (Wildman–Crippen MR) is 80.9 cm³/mol. The lowest BCUT2D eigenvalue weighted by Crippen LogP contribution is -2.30. The van der Waals surface area contributed by atoms with E-state index in [1.807, 2.05) is 30.6 Å². The van der Waals surface area contributed by atoms with E-state index in [4.69, 9.17) is 0 Å². The predicted octanol–water partition coefficient (Wildman–Crippen LogP) is 1.88. The topological polar surface area (TPSA) is 47.1 Å². The molecule has 0 aromatic carbocycles. The summed E-state index contributed by atoms with van der Waals surface area (Å²) in [6.45, 7) is 2.98. The third kappa shape index (κ3) is 2.45. The van der Waals surface area contributed by atoms with Gasteiger partial charge < -0.3 is 14.3 Å². The molecule has 0 amide bonds. The van der Waals surface area contributed by atoms with Gasteiger partial charge in [0.25, 0.3) is 0 Å². The molecule has 108 valence electrons. The van der Waals surface area contributed by atoms with Crippen molar-refractivity contribution in [1.29, 1.82) is 0 Å². The molecule has 3 aromatic heterocycles. The molecule has 1 N–H and O–H groups in total. The molecule has 0 saturated heterocycles. The summed E-state index contributed by atoms with van der Waals surface area (Å²) in [5.74, 6) is 1.92. The van der Waals surface area contributed by atoms with Crippen LogP contribution >= 0.6 is 0 Å². The lowest BCUT2D eigenvalue weighted by Gasteiger charge is -2.24. The minimum absolute atomic E-state index is 0.686. The first kappa shape index (κ1) is 12.6. The summed E-state index contributed by atoms with van der Waals surface area (Å²) in [6.07, 6.45) is 10.3. The molecule has 21 heavy (non-hydrogen) atoms. The van der Waals surface area contributed by atoms with E-state index in [0.717, 1.165) is 31.7 Å². The van der Waals surface area contributed by atoms with Crippen molar-refractivity contribution in [3.63, 3.8) is 0 Å². The molecule has 0 bridgehead atoms. The number of rotatable bonds is 4. The standard InChI is InChI=1S/C16H19N5/c1-2-7-21-14(11-19-16(21)3-1)10-17-9-13-4-5-15-18-6-8-20(15)12-13/h1-3,6-8,11,13,17H,4-5,9-10,12H2. The molecule has 3 aromatic rings. The van der Waals surface area contributed by atoms with Gasteiger partial charge in [-0.25, -0.2) is 9.97 Å². The van der Waals surface area contributed by atoms with E-state index in [2.05, 4.69) is 36.6 Å². The highest BCUT2D eigenvalue weighted by Gasteiger charge is 2.18. The van der Waals surface area contributed by atoms with E-state index in [0.29, 0.717) is 5.92 Å². The van der Waals surface area contributed by atoms with Gasteiger partial charge >= 0.3 is 0 Å². The Morgan fingerprint density at radius 1 is 1.24 bits per heavy atom. The monoisotopic (exact) mass is 281 g/mol. The zero-order valence-corrected chi connectivity index (χ0v) is 11.9. The highest BCUT2D eigenvalue weighted by Crippen LogP contribution is 2.18. The van der Waals surface area contributed by atoms with Crippen LogP contribution in [0.2, 0.25) is 0 Å². The Morgan fingerprint density at radius 2 is 2.24 bits per heavy atom. The first-order chi connectivity index (χ1) is 10.4. The van der Waals surface area contributed by atoms with Crippen LogP contribution in [-0.2, 0) is 19.5 Å². The summed E-state index contributed by atoms with van der Waals surface area (Å²) >= 11 is 0. The molecule has 0 fully saturated rings. The zero-order chi connectivity index (χ0) is 14.1. The molecular formula is C16H19N5. The van der Waals surface area contributed by atoms with Crippen molar-refractivity contribution < 1.29 is 0 Å². The summed E-state index contributed by atoms with van der Waals surface area (Å²) in [6, 6.07) is 6.09. The number of fused-ring (bicyclic) bond motifs is 2. The van der Waals surface area contributed by atoms with E-state index in [1.165, 1.54) is 17.9 Å². The molecule has 0 saturated carbocycles. The molecule has 0 aliphatic carbocycles. The van der Waals surface area contributed by atoms with Gasteiger partial charge in [0, 0.05) is 44.6 Å². The largest absolute Gasteiger partial charge is 0.335 e. The molecule has 5 heteroatoms. The summed E-state index contributed by atoms with van der Waals surface area (Å²) in [4.78, 5) is 8.79. The van der Waals surface area contributed by atoms with Crippen molar-refractivity contribution in [2.24, 2.45) is 5.92 Å². The first-order valence-corrected chi connectivity index (χ1v) is 7.52. The average molecular weight is 281 g/mol. The highest BCUT2D eigenvalue weighted by atomic mass is 15.1. The van der Waals surface area contributed by atoms with Gasteiger partial charge in [-0.05, 0) is 24.5 Å². The molecular weight excluding hydrogens is 262 g/mol. The Bertz CT molecular complexity index is 742. The number of aromatic nitrogens is 4. The third-order valence-corrected chi connectivity index (χ3v) is 4.27. The number of nitrogens with one attached hydrogen (secondary N) is 1. The fourth-order valence-electron chi connectivity index (χ4n) is 3.12. The second-order valence-corrected chi connectivity index (χ2v) is 5.71. The maximum Gasteiger partial charge on any atom is 0.136 e. The zero-order valence-electron chi connectivity index (χ0n) is 11.9. The molecule has 4 rings (SSSR count). The Morgan fingerprint density at radius 3 is 3.24 bits per heavy atom. The Labute approximate surface area is 123 Å². The number of nitrogens with zero attached hydrogens (tertiary/aromatic N) is 4. The summed E-state index contributed by atoms with van der Waals surface area (Å²) < 4.78 is 4.42. The van der Waals surface area contributed by atoms with Crippen molar-refractivity contribution in [3.8, 4) is 0 Å². The smallest absolute Gasteiger partial charge is 0.136 e. The van der Waals surface area contributed by atoms with Crippen LogP contribution in [0.15, 0.2) is 43.0 Å². The molecule has 1 aliphatic heterocycles. The van der Waals surface area contributed by atoms with Crippen molar-refractivity contribution in [2.75, 3.05) is 6.54 Å². The summed E-state index contributed by atoms with van der Waals surface area (Å²) in [5, 5.41) is 3.58. The van der Waals surface area contributed by atoms with Crippen LogP contribution in [0.3, 0.4) is 0 Å². The fourth-order valence-corrected chi connectivity index (χ4v) is 3.12. The van der Waals surface area contributed by atoms with Gasteiger partial charge in [-0.1, -0.05) is 6.07 Å². The fraction of sp³-hybridized carbons (Fsp3) is 0.375. The lowest BCUT2D eigenvalue weighted by molar-refractivity contribution is 0.347. The molecule has 0 radical (unpaired) electrons. The first-order valence-electron chi connectivity index (χ1n) is 7.52. The van der Waals surface area contributed by atoms with Crippen LogP contribution in [0.4, 0.5) is 0 Å². The van der Waals surface area contributed by atoms with E-state index >= 15 is 0 Å². The van der Waals surface area contributed by atoms with E-state index in [-0.39, 0.29) is 0 Å². The number of imidazole rings is 2. The number of hydrogen-bond donors (Lipinski definition) is 1. The van der Waals surface area contributed by atoms with Gasteiger partial charge in [0.15, 0.2) is 0 Å². The average Bonchev–Trinajstić information content (AvgIpc) is 3.14. The minimum Gasteiger partial charge on any atom is -0.335 e. The van der Waals surface area contributed by atoms with Crippen LogP contribution in [0.5, 0.6) is 0 Å². The van der Waals surface area contributed by atoms with Crippen molar-refractivity contribution >= 4 is 5.65 Å². The van der Waals surface area contributed by atoms with Crippen LogP contribution in [0, 0.1) is 5.92 Å². The maximum absolute atomic E-state index is 4.42. The molecule has 0 spiro atoms. The van der Waals surface area contributed by atoms with E-state index in [1.54, 1.807) is 0 Å². The van der Waals surface area contributed by atoms with Gasteiger partial charge in [-0.15, -0.1) is 0 Å². The number of aryl methyl sites for hydroxylation is 1. The molecule has 1 aliphatic rings. The maximum atomic E-state index is 4.42. The molecule has 4 heterocycles. The normalized spacial score (nSPS) is 18.0. The summed E-state index contributed by atoms with van der Waals surface area (Å²) in [7, 11) is 0. The Balaban J connectivity index is 1.36. The van der Waals surface area contributed by atoms with Gasteiger partial charge in [0.1, 0.15) is 11.5 Å². The van der Waals surface area contributed by atoms with Crippen molar-refractivity contribution in [2.45, 2.75) is 25.9 Å².